The van der Waals surface area contributed by atoms with Gasteiger partial charge in [-0.05, 0) is 41.0 Å². The summed E-state index contributed by atoms with van der Waals surface area (Å²) in [6.07, 6.45) is 1.97. The molecule has 2 aliphatic carbocycles. The molecule has 0 aromatic heterocycles. The fraction of sp³-hybridized carbons (Fsp3) is 0.423. The van der Waals surface area contributed by atoms with Crippen LogP contribution in [0.3, 0.4) is 0 Å². The van der Waals surface area contributed by atoms with E-state index in [4.69, 9.17) is 4.74 Å². The number of fused-ring (bicyclic) bond motifs is 3. The summed E-state index contributed by atoms with van der Waals surface area (Å²) in [4.78, 5) is 38.6. The number of nitrogens with zero attached hydrogens (tertiary/aromatic N) is 1. The highest BCUT2D eigenvalue weighted by Gasteiger charge is 2.42. The molecule has 2 aromatic rings. The first-order chi connectivity index (χ1) is 16.5. The van der Waals surface area contributed by atoms with E-state index in [1.807, 2.05) is 24.3 Å². The largest absolute Gasteiger partial charge is 0.480 e. The maximum Gasteiger partial charge on any atom is 0.407 e. The number of ether oxygens (including phenoxy) is 1. The van der Waals surface area contributed by atoms with E-state index in [1.165, 1.54) is 27.8 Å². The maximum absolute atomic E-state index is 13.1. The number of amides is 2. The number of carboxylic acid groups (broad SMARTS) is 1. The molecule has 2 aromatic carbocycles. The minimum Gasteiger partial charge on any atom is -0.480 e. The number of carboxylic acids is 1. The zero-order valence-electron chi connectivity index (χ0n) is 18.8. The molecule has 2 amide bonds. The van der Waals surface area contributed by atoms with Crippen molar-refractivity contribution in [1.82, 2.24) is 10.2 Å². The van der Waals surface area contributed by atoms with Crippen molar-refractivity contribution in [3.8, 4) is 11.1 Å². The van der Waals surface area contributed by atoms with Crippen LogP contribution in [0, 0.1) is 11.8 Å². The van der Waals surface area contributed by atoms with Crippen molar-refractivity contribution in [2.75, 3.05) is 24.8 Å². The number of rotatable bonds is 6. The van der Waals surface area contributed by atoms with E-state index in [-0.39, 0.29) is 30.3 Å². The number of aliphatic carboxylic acids is 1. The average molecular weight is 481 g/mol. The van der Waals surface area contributed by atoms with E-state index in [1.54, 1.807) is 0 Å². The molecular formula is C26H28N2O5S. The van der Waals surface area contributed by atoms with Crippen molar-refractivity contribution in [2.24, 2.45) is 11.8 Å². The highest BCUT2D eigenvalue weighted by molar-refractivity contribution is 7.99. The van der Waals surface area contributed by atoms with Crippen LogP contribution in [-0.4, -0.2) is 58.8 Å². The second-order valence-corrected chi connectivity index (χ2v) is 10.2. The van der Waals surface area contributed by atoms with Gasteiger partial charge in [0.05, 0.1) is 5.88 Å². The van der Waals surface area contributed by atoms with Crippen molar-refractivity contribution in [3.63, 3.8) is 0 Å². The highest BCUT2D eigenvalue weighted by Crippen LogP contribution is 2.44. The summed E-state index contributed by atoms with van der Waals surface area (Å²) < 4.78 is 5.62. The Labute approximate surface area is 202 Å². The van der Waals surface area contributed by atoms with Gasteiger partial charge < -0.3 is 20.1 Å². The first-order valence-corrected chi connectivity index (χ1v) is 12.9. The van der Waals surface area contributed by atoms with E-state index in [2.05, 4.69) is 29.6 Å². The number of carbonyl (C=O) groups is 3. The zero-order chi connectivity index (χ0) is 23.7. The number of nitrogens with one attached hydrogen (secondary N) is 1. The summed E-state index contributed by atoms with van der Waals surface area (Å²) in [6, 6.07) is 15.6. The van der Waals surface area contributed by atoms with Gasteiger partial charge in [-0.15, -0.1) is 11.8 Å². The molecule has 1 heterocycles. The van der Waals surface area contributed by atoms with E-state index in [0.29, 0.717) is 18.2 Å². The minimum atomic E-state index is -0.954. The van der Waals surface area contributed by atoms with Crippen LogP contribution in [0.2, 0.25) is 0 Å². The summed E-state index contributed by atoms with van der Waals surface area (Å²) in [5.41, 5.74) is 4.68. The molecule has 1 saturated carbocycles. The highest BCUT2D eigenvalue weighted by atomic mass is 32.2. The Kier molecular flexibility index (Phi) is 6.50. The topological polar surface area (TPSA) is 95.9 Å². The van der Waals surface area contributed by atoms with Gasteiger partial charge in [0, 0.05) is 24.1 Å². The van der Waals surface area contributed by atoms with Crippen molar-refractivity contribution >= 4 is 29.7 Å². The molecule has 7 nitrogen and oxygen atoms in total. The van der Waals surface area contributed by atoms with Crippen LogP contribution in [0.4, 0.5) is 4.79 Å². The Balaban J connectivity index is 1.17. The molecule has 178 valence electrons. The molecule has 1 saturated heterocycles. The average Bonchev–Trinajstić information content (AvgIpc) is 3.59. The molecule has 0 bridgehead atoms. The standard InChI is InChI=1S/C26H28N2O5S/c29-24(28-15-34-14-23(28)25(30)31)17-11-5-6-16(17)12-27-26(32)33-13-22-20-9-3-1-7-18(20)19-8-2-4-10-21(19)22/h1-4,7-10,16-17,22-23H,5-6,11-15H2,(H,27,32)(H,30,31)/t16-,17-,23?/m0/s1. The first-order valence-electron chi connectivity index (χ1n) is 11.7. The SMILES string of the molecule is O=C(NC[C@@H]1CCC[C@@H]1C(=O)N1CSCC1C(=O)O)OCC1c2ccccc2-c2ccccc21. The summed E-state index contributed by atoms with van der Waals surface area (Å²) in [6.45, 7) is 0.601. The first kappa shape index (κ1) is 22.8. The smallest absolute Gasteiger partial charge is 0.407 e. The van der Waals surface area contributed by atoms with Crippen molar-refractivity contribution in [2.45, 2.75) is 31.2 Å². The summed E-state index contributed by atoms with van der Waals surface area (Å²) >= 11 is 1.47. The molecule has 3 aliphatic rings. The molecule has 0 spiro atoms. The predicted molar refractivity (Wildman–Crippen MR) is 129 cm³/mol. The van der Waals surface area contributed by atoms with Crippen LogP contribution in [0.15, 0.2) is 48.5 Å². The van der Waals surface area contributed by atoms with E-state index >= 15 is 0 Å². The number of hydrogen-bond donors (Lipinski definition) is 2. The van der Waals surface area contributed by atoms with E-state index in [9.17, 15) is 19.5 Å². The third-order valence-corrected chi connectivity index (χ3v) is 8.29. The fourth-order valence-corrected chi connectivity index (χ4v) is 6.70. The summed E-state index contributed by atoms with van der Waals surface area (Å²) in [5.74, 6) is -0.476. The van der Waals surface area contributed by atoms with Gasteiger partial charge in [0.1, 0.15) is 12.6 Å². The fourth-order valence-electron chi connectivity index (χ4n) is 5.55. The monoisotopic (exact) mass is 480 g/mol. The number of hydrogen-bond acceptors (Lipinski definition) is 5. The molecule has 1 unspecified atom stereocenters. The third-order valence-electron chi connectivity index (χ3n) is 7.28. The van der Waals surface area contributed by atoms with E-state index in [0.717, 1.165) is 30.4 Å². The summed E-state index contributed by atoms with van der Waals surface area (Å²) in [7, 11) is 0. The van der Waals surface area contributed by atoms with Crippen molar-refractivity contribution < 1.29 is 24.2 Å². The van der Waals surface area contributed by atoms with Crippen LogP contribution < -0.4 is 5.32 Å². The van der Waals surface area contributed by atoms with Gasteiger partial charge in [0.25, 0.3) is 0 Å². The number of carbonyl (C=O) groups excluding carboxylic acids is 2. The van der Waals surface area contributed by atoms with E-state index < -0.39 is 18.1 Å². The molecule has 2 fully saturated rings. The molecule has 5 rings (SSSR count). The van der Waals surface area contributed by atoms with Gasteiger partial charge in [-0.25, -0.2) is 9.59 Å². The molecular weight excluding hydrogens is 452 g/mol. The Hall–Kier alpha value is -3.00. The summed E-state index contributed by atoms with van der Waals surface area (Å²) in [5, 5.41) is 12.3. The van der Waals surface area contributed by atoms with Gasteiger partial charge in [-0.1, -0.05) is 55.0 Å². The van der Waals surface area contributed by atoms with Gasteiger partial charge in [-0.2, -0.15) is 0 Å². The maximum atomic E-state index is 13.1. The molecule has 34 heavy (non-hydrogen) atoms. The van der Waals surface area contributed by atoms with Gasteiger partial charge in [-0.3, -0.25) is 4.79 Å². The van der Waals surface area contributed by atoms with Crippen LogP contribution in [0.25, 0.3) is 11.1 Å². The molecule has 2 N–H and O–H groups in total. The predicted octanol–water partition coefficient (Wildman–Crippen LogP) is 3.93. The number of alkyl carbamates (subject to hydrolysis) is 1. The molecule has 1 aliphatic heterocycles. The van der Waals surface area contributed by atoms with Crippen LogP contribution in [-0.2, 0) is 14.3 Å². The lowest BCUT2D eigenvalue weighted by Crippen LogP contribution is -2.46. The quantitative estimate of drug-likeness (QED) is 0.651. The molecule has 8 heteroatoms. The lowest BCUT2D eigenvalue weighted by molar-refractivity contribution is -0.149. The molecule has 3 atom stereocenters. The lowest BCUT2D eigenvalue weighted by atomic mass is 9.94. The Morgan fingerprint density at radius 3 is 2.38 bits per heavy atom. The second kappa shape index (κ2) is 9.70. The molecule has 0 radical (unpaired) electrons. The van der Waals surface area contributed by atoms with Crippen LogP contribution in [0.1, 0.15) is 36.3 Å². The van der Waals surface area contributed by atoms with Crippen LogP contribution in [0.5, 0.6) is 0 Å². The Morgan fingerprint density at radius 2 is 1.71 bits per heavy atom. The lowest BCUT2D eigenvalue weighted by Gasteiger charge is -2.27. The van der Waals surface area contributed by atoms with Gasteiger partial charge in [0.2, 0.25) is 5.91 Å². The van der Waals surface area contributed by atoms with Crippen molar-refractivity contribution in [3.05, 3.63) is 59.7 Å². The van der Waals surface area contributed by atoms with Gasteiger partial charge >= 0.3 is 12.1 Å². The third kappa shape index (κ3) is 4.27. The number of benzene rings is 2. The van der Waals surface area contributed by atoms with Crippen molar-refractivity contribution in [1.29, 1.82) is 0 Å². The van der Waals surface area contributed by atoms with Crippen LogP contribution >= 0.6 is 11.8 Å². The van der Waals surface area contributed by atoms with Gasteiger partial charge in [0.15, 0.2) is 0 Å². The Bertz CT molecular complexity index is 1060. The Morgan fingerprint density at radius 1 is 1.03 bits per heavy atom. The second-order valence-electron chi connectivity index (χ2n) is 9.17. The number of thioether (sulfide) groups is 1. The zero-order valence-corrected chi connectivity index (χ0v) is 19.6. The minimum absolute atomic E-state index is 0.000393. The normalized spacial score (nSPS) is 23.4.